The maximum atomic E-state index is 11.6. The fraction of sp³-hybridized carbons (Fsp3) is 0.333. The van der Waals surface area contributed by atoms with Gasteiger partial charge in [0.15, 0.2) is 0 Å². The normalized spacial score (nSPS) is 17.8. The lowest BCUT2D eigenvalue weighted by atomic mass is 10.0. The number of hydrogen-bond donors (Lipinski definition) is 1. The van der Waals surface area contributed by atoms with Crippen LogP contribution in [0.4, 0.5) is 0 Å². The number of ether oxygens (including phenoxy) is 1. The largest absolute Gasteiger partial charge is 0.474 e. The minimum absolute atomic E-state index is 0.0726. The summed E-state index contributed by atoms with van der Waals surface area (Å²) in [4.78, 5) is 16.4. The Bertz CT molecular complexity index is 1240. The predicted octanol–water partition coefficient (Wildman–Crippen LogP) is 2.43. The van der Waals surface area contributed by atoms with Crippen LogP contribution in [0, 0.1) is 5.92 Å². The highest BCUT2D eigenvalue weighted by atomic mass is 16.5. The zero-order valence-electron chi connectivity index (χ0n) is 16.6. The van der Waals surface area contributed by atoms with Crippen LogP contribution in [-0.4, -0.2) is 43.1 Å². The van der Waals surface area contributed by atoms with Crippen molar-refractivity contribution < 1.29 is 9.53 Å². The van der Waals surface area contributed by atoms with Crippen LogP contribution in [0.2, 0.25) is 0 Å². The first kappa shape index (κ1) is 17.7. The molecule has 1 saturated heterocycles. The number of carbonyl (C=O) groups excluding carboxylic acids is 1. The van der Waals surface area contributed by atoms with E-state index in [-0.39, 0.29) is 17.9 Å². The number of hydrogen-bond acceptors (Lipinski definition) is 5. The monoisotopic (exact) mass is 390 g/mol. The quantitative estimate of drug-likeness (QED) is 0.578. The second-order valence-electron chi connectivity index (χ2n) is 7.68. The van der Waals surface area contributed by atoms with Gasteiger partial charge in [0.05, 0.1) is 28.3 Å². The van der Waals surface area contributed by atoms with Gasteiger partial charge in [0.1, 0.15) is 6.10 Å². The molecule has 1 aliphatic heterocycles. The van der Waals surface area contributed by atoms with Gasteiger partial charge >= 0.3 is 0 Å². The molecular formula is C21H22N6O2. The number of carbonyl (C=O) groups is 1. The fourth-order valence-corrected chi connectivity index (χ4v) is 3.90. The molecule has 3 aromatic heterocycles. The maximum absolute atomic E-state index is 11.6. The van der Waals surface area contributed by atoms with Gasteiger partial charge in [-0.05, 0) is 25.1 Å². The van der Waals surface area contributed by atoms with Gasteiger partial charge in [-0.3, -0.25) is 14.2 Å². The van der Waals surface area contributed by atoms with E-state index in [1.807, 2.05) is 56.3 Å². The van der Waals surface area contributed by atoms with E-state index in [1.165, 1.54) is 0 Å². The van der Waals surface area contributed by atoms with Crippen LogP contribution in [0.5, 0.6) is 5.88 Å². The third-order valence-corrected chi connectivity index (χ3v) is 5.60. The summed E-state index contributed by atoms with van der Waals surface area (Å²) in [7, 11) is 3.81. The van der Waals surface area contributed by atoms with Crippen molar-refractivity contribution in [2.45, 2.75) is 19.4 Å². The summed E-state index contributed by atoms with van der Waals surface area (Å²) in [5.41, 5.74) is 3.67. The van der Waals surface area contributed by atoms with E-state index in [1.54, 1.807) is 4.68 Å². The lowest BCUT2D eigenvalue weighted by Crippen LogP contribution is -2.26. The Morgan fingerprint density at radius 2 is 2.14 bits per heavy atom. The molecule has 1 N–H and O–H groups in total. The Morgan fingerprint density at radius 1 is 1.28 bits per heavy atom. The van der Waals surface area contributed by atoms with E-state index in [4.69, 9.17) is 9.72 Å². The van der Waals surface area contributed by atoms with Crippen molar-refractivity contribution in [3.05, 3.63) is 36.7 Å². The molecule has 2 unspecified atom stereocenters. The lowest BCUT2D eigenvalue weighted by Gasteiger charge is -2.19. The first-order valence-electron chi connectivity index (χ1n) is 9.68. The van der Waals surface area contributed by atoms with Gasteiger partial charge in [-0.2, -0.15) is 10.2 Å². The standard InChI is InChI=1S/C21H22N6O2/c1-12(14-7-20(28)22-9-14)29-21-16-11-26(2)25-18(16)8-17(24-21)13-4-5-19-15(6-13)10-23-27(19)3/h4-6,8,10-12,14H,7,9H2,1-3H3,(H,22,28). The van der Waals surface area contributed by atoms with Gasteiger partial charge in [-0.1, -0.05) is 6.07 Å². The van der Waals surface area contributed by atoms with Crippen LogP contribution in [-0.2, 0) is 18.9 Å². The second-order valence-corrected chi connectivity index (χ2v) is 7.68. The molecule has 0 radical (unpaired) electrons. The topological polar surface area (TPSA) is 86.9 Å². The van der Waals surface area contributed by atoms with Crippen molar-refractivity contribution in [3.8, 4) is 17.1 Å². The van der Waals surface area contributed by atoms with Crippen LogP contribution in [0.3, 0.4) is 0 Å². The third kappa shape index (κ3) is 3.10. The molecule has 4 aromatic rings. The van der Waals surface area contributed by atoms with Crippen molar-refractivity contribution in [3.63, 3.8) is 0 Å². The Kier molecular flexibility index (Phi) is 4.01. The third-order valence-electron chi connectivity index (χ3n) is 5.60. The van der Waals surface area contributed by atoms with Crippen molar-refractivity contribution in [2.75, 3.05) is 6.54 Å². The number of aromatic nitrogens is 5. The zero-order valence-corrected chi connectivity index (χ0v) is 16.6. The number of pyridine rings is 1. The summed E-state index contributed by atoms with van der Waals surface area (Å²) in [6, 6.07) is 8.13. The molecule has 1 amide bonds. The molecule has 0 saturated carbocycles. The molecule has 5 rings (SSSR count). The number of amides is 1. The van der Waals surface area contributed by atoms with E-state index in [0.29, 0.717) is 18.8 Å². The Hall–Kier alpha value is -3.42. The second kappa shape index (κ2) is 6.58. The van der Waals surface area contributed by atoms with E-state index in [9.17, 15) is 4.79 Å². The molecule has 8 nitrogen and oxygen atoms in total. The van der Waals surface area contributed by atoms with Crippen LogP contribution < -0.4 is 10.1 Å². The van der Waals surface area contributed by atoms with Gasteiger partial charge < -0.3 is 10.1 Å². The minimum atomic E-state index is -0.138. The number of nitrogens with one attached hydrogen (secondary N) is 1. The summed E-state index contributed by atoms with van der Waals surface area (Å²) < 4.78 is 9.87. The van der Waals surface area contributed by atoms with Crippen molar-refractivity contribution >= 4 is 27.7 Å². The highest BCUT2D eigenvalue weighted by Gasteiger charge is 2.29. The number of fused-ring (bicyclic) bond motifs is 2. The molecule has 0 spiro atoms. The number of rotatable bonds is 4. The first-order chi connectivity index (χ1) is 14.0. The Morgan fingerprint density at radius 3 is 2.93 bits per heavy atom. The molecule has 8 heteroatoms. The molecule has 0 bridgehead atoms. The van der Waals surface area contributed by atoms with Crippen LogP contribution in [0.15, 0.2) is 36.7 Å². The van der Waals surface area contributed by atoms with E-state index >= 15 is 0 Å². The maximum Gasteiger partial charge on any atom is 0.225 e. The first-order valence-corrected chi connectivity index (χ1v) is 9.68. The lowest BCUT2D eigenvalue weighted by molar-refractivity contribution is -0.119. The Balaban J connectivity index is 1.56. The van der Waals surface area contributed by atoms with Crippen molar-refractivity contribution in [1.82, 2.24) is 29.9 Å². The summed E-state index contributed by atoms with van der Waals surface area (Å²) in [6.07, 6.45) is 4.10. The summed E-state index contributed by atoms with van der Waals surface area (Å²) >= 11 is 0. The molecule has 29 heavy (non-hydrogen) atoms. The van der Waals surface area contributed by atoms with Crippen molar-refractivity contribution in [2.24, 2.45) is 20.0 Å². The molecule has 148 valence electrons. The highest BCUT2D eigenvalue weighted by Crippen LogP contribution is 2.31. The minimum Gasteiger partial charge on any atom is -0.474 e. The fourth-order valence-electron chi connectivity index (χ4n) is 3.90. The summed E-state index contributed by atoms with van der Waals surface area (Å²) in [5.74, 6) is 0.749. The number of aryl methyl sites for hydroxylation is 2. The SMILES string of the molecule is CC(Oc1nc(-c2ccc3c(cnn3C)c2)cc2nn(C)cc12)C1CNC(=O)C1. The molecule has 1 fully saturated rings. The summed E-state index contributed by atoms with van der Waals surface area (Å²) in [6.45, 7) is 2.62. The van der Waals surface area contributed by atoms with Gasteiger partial charge in [0.2, 0.25) is 11.8 Å². The van der Waals surface area contributed by atoms with Gasteiger partial charge in [-0.15, -0.1) is 0 Å². The van der Waals surface area contributed by atoms with Crippen molar-refractivity contribution in [1.29, 1.82) is 0 Å². The number of nitrogens with zero attached hydrogens (tertiary/aromatic N) is 5. The van der Waals surface area contributed by atoms with E-state index in [0.717, 1.165) is 33.1 Å². The van der Waals surface area contributed by atoms with Crippen LogP contribution in [0.1, 0.15) is 13.3 Å². The molecule has 0 aliphatic carbocycles. The number of benzene rings is 1. The Labute approximate surface area is 167 Å². The summed E-state index contributed by atoms with van der Waals surface area (Å²) in [5, 5.41) is 13.7. The highest BCUT2D eigenvalue weighted by molar-refractivity contribution is 5.89. The van der Waals surface area contributed by atoms with Gasteiger partial charge in [-0.25, -0.2) is 4.98 Å². The molecule has 4 heterocycles. The van der Waals surface area contributed by atoms with E-state index < -0.39 is 0 Å². The van der Waals surface area contributed by atoms with E-state index in [2.05, 4.69) is 21.6 Å². The molecule has 2 atom stereocenters. The van der Waals surface area contributed by atoms with Gasteiger partial charge in [0, 0.05) is 50.1 Å². The smallest absolute Gasteiger partial charge is 0.225 e. The predicted molar refractivity (Wildman–Crippen MR) is 109 cm³/mol. The van der Waals surface area contributed by atoms with Crippen LogP contribution >= 0.6 is 0 Å². The van der Waals surface area contributed by atoms with Crippen LogP contribution in [0.25, 0.3) is 33.1 Å². The average Bonchev–Trinajstić information content (AvgIpc) is 3.39. The average molecular weight is 390 g/mol. The molecule has 1 aliphatic rings. The zero-order chi connectivity index (χ0) is 20.1. The van der Waals surface area contributed by atoms with Gasteiger partial charge in [0.25, 0.3) is 0 Å². The molecular weight excluding hydrogens is 368 g/mol. The molecule has 1 aromatic carbocycles.